The van der Waals surface area contributed by atoms with E-state index in [0.29, 0.717) is 11.3 Å². The van der Waals surface area contributed by atoms with Crippen molar-refractivity contribution >= 4 is 11.3 Å². The maximum absolute atomic E-state index is 9.38. The molecule has 13 heavy (non-hydrogen) atoms. The third-order valence-electron chi connectivity index (χ3n) is 1.75. The van der Waals surface area contributed by atoms with Gasteiger partial charge in [-0.15, -0.1) is 0 Å². The summed E-state index contributed by atoms with van der Waals surface area (Å²) in [5, 5.41) is 13.2. The Labute approximate surface area is 73.6 Å². The van der Waals surface area contributed by atoms with Gasteiger partial charge in [0, 0.05) is 6.07 Å². The number of aromatic hydroxyl groups is 1. The van der Waals surface area contributed by atoms with Crippen LogP contribution in [-0.4, -0.2) is 26.8 Å². The normalized spacial score (nSPS) is 10.5. The molecule has 0 saturated heterocycles. The molecule has 0 amide bonds. The summed E-state index contributed by atoms with van der Waals surface area (Å²) >= 11 is 0. The van der Waals surface area contributed by atoms with Crippen LogP contribution in [0.4, 0.5) is 5.82 Å². The number of methoxy groups -OCH3 is 1. The Balaban J connectivity index is 2.89. The first-order valence-corrected chi connectivity index (χ1v) is 3.59. The Hall–Kier alpha value is -1.98. The molecule has 0 saturated carbocycles. The minimum Gasteiger partial charge on any atom is -0.494 e. The van der Waals surface area contributed by atoms with Gasteiger partial charge in [-0.05, 0) is 0 Å². The summed E-state index contributed by atoms with van der Waals surface area (Å²) in [5.41, 5.74) is 6.06. The van der Waals surface area contributed by atoms with E-state index in [9.17, 15) is 5.11 Å². The summed E-state index contributed by atoms with van der Waals surface area (Å²) in [7, 11) is 1.49. The number of aromatic nitrogens is 3. The van der Waals surface area contributed by atoms with Crippen LogP contribution >= 0.6 is 0 Å². The third-order valence-corrected chi connectivity index (χ3v) is 1.75. The Morgan fingerprint density at radius 1 is 1.62 bits per heavy atom. The fourth-order valence-corrected chi connectivity index (χ4v) is 1.17. The van der Waals surface area contributed by atoms with E-state index >= 15 is 0 Å². The van der Waals surface area contributed by atoms with Gasteiger partial charge in [0.05, 0.1) is 7.11 Å². The van der Waals surface area contributed by atoms with Crippen LogP contribution in [0.15, 0.2) is 12.4 Å². The molecule has 0 unspecified atom stereocenters. The lowest BCUT2D eigenvalue weighted by molar-refractivity contribution is 0.416. The molecule has 0 aliphatic carbocycles. The second-order valence-electron chi connectivity index (χ2n) is 2.48. The predicted molar refractivity (Wildman–Crippen MR) is 45.6 cm³/mol. The summed E-state index contributed by atoms with van der Waals surface area (Å²) in [6, 6.07) is 1.43. The molecule has 0 spiro atoms. The van der Waals surface area contributed by atoms with Crippen molar-refractivity contribution in [3.63, 3.8) is 0 Å². The van der Waals surface area contributed by atoms with Crippen LogP contribution in [0, 0.1) is 0 Å². The summed E-state index contributed by atoms with van der Waals surface area (Å²) < 4.78 is 6.25. The van der Waals surface area contributed by atoms with Crippen LogP contribution in [0.5, 0.6) is 11.6 Å². The van der Waals surface area contributed by atoms with Crippen LogP contribution in [0.3, 0.4) is 0 Å². The second-order valence-corrected chi connectivity index (χ2v) is 2.48. The first kappa shape index (κ1) is 7.66. The van der Waals surface area contributed by atoms with Gasteiger partial charge in [-0.25, -0.2) is 4.98 Å². The fourth-order valence-electron chi connectivity index (χ4n) is 1.17. The van der Waals surface area contributed by atoms with Gasteiger partial charge in [-0.3, -0.25) is 0 Å². The average Bonchev–Trinajstić information content (AvgIpc) is 2.45. The molecule has 3 N–H and O–H groups in total. The molecule has 6 nitrogen and oxygen atoms in total. The monoisotopic (exact) mass is 180 g/mol. The van der Waals surface area contributed by atoms with Gasteiger partial charge in [0.15, 0.2) is 17.1 Å². The van der Waals surface area contributed by atoms with E-state index < -0.39 is 0 Å². The lowest BCUT2D eigenvalue weighted by Gasteiger charge is -1.99. The number of hydrogen-bond acceptors (Lipinski definition) is 5. The van der Waals surface area contributed by atoms with Gasteiger partial charge >= 0.3 is 0 Å². The molecule has 0 aromatic carbocycles. The van der Waals surface area contributed by atoms with Gasteiger partial charge in [0.2, 0.25) is 5.88 Å². The quantitative estimate of drug-likeness (QED) is 0.646. The molecule has 0 aliphatic heterocycles. The lowest BCUT2D eigenvalue weighted by atomic mass is 10.4. The van der Waals surface area contributed by atoms with Crippen molar-refractivity contribution < 1.29 is 9.84 Å². The summed E-state index contributed by atoms with van der Waals surface area (Å²) in [6.45, 7) is 0. The van der Waals surface area contributed by atoms with E-state index in [1.165, 1.54) is 24.0 Å². The molecular weight excluding hydrogens is 172 g/mol. The maximum Gasteiger partial charge on any atom is 0.216 e. The highest BCUT2D eigenvalue weighted by atomic mass is 16.5. The fraction of sp³-hybridized carbons (Fsp3) is 0.143. The van der Waals surface area contributed by atoms with Crippen LogP contribution in [-0.2, 0) is 0 Å². The molecule has 0 fully saturated rings. The van der Waals surface area contributed by atoms with Crippen molar-refractivity contribution in [3.8, 4) is 11.6 Å². The lowest BCUT2D eigenvalue weighted by Crippen LogP contribution is -1.99. The van der Waals surface area contributed by atoms with E-state index in [1.54, 1.807) is 0 Å². The number of nitrogen functional groups attached to an aromatic ring is 1. The average molecular weight is 180 g/mol. The minimum absolute atomic E-state index is 0.0269. The van der Waals surface area contributed by atoms with Crippen LogP contribution in [0.2, 0.25) is 0 Å². The highest BCUT2D eigenvalue weighted by Crippen LogP contribution is 2.29. The molecule has 2 rings (SSSR count). The molecule has 2 heterocycles. The zero-order valence-corrected chi connectivity index (χ0v) is 6.93. The van der Waals surface area contributed by atoms with Gasteiger partial charge in [0.1, 0.15) is 6.33 Å². The number of hydrogen-bond donors (Lipinski definition) is 2. The number of rotatable bonds is 1. The topological polar surface area (TPSA) is 85.7 Å². The maximum atomic E-state index is 9.38. The second kappa shape index (κ2) is 2.51. The first-order chi connectivity index (χ1) is 6.24. The Morgan fingerprint density at radius 3 is 3.08 bits per heavy atom. The SMILES string of the molecule is COc1cc(O)n2ncnc(N)c12. The predicted octanol–water partition coefficient (Wildman–Crippen LogP) is 0.0257. The van der Waals surface area contributed by atoms with Gasteiger partial charge in [-0.2, -0.15) is 9.61 Å². The van der Waals surface area contributed by atoms with E-state index in [1.807, 2.05) is 0 Å². The third kappa shape index (κ3) is 0.952. The molecule has 0 radical (unpaired) electrons. The number of nitrogens with two attached hydrogens (primary N) is 1. The Kier molecular flexibility index (Phi) is 1.48. The number of nitrogens with zero attached hydrogens (tertiary/aromatic N) is 3. The van der Waals surface area contributed by atoms with Crippen LogP contribution < -0.4 is 10.5 Å². The van der Waals surface area contributed by atoms with Crippen molar-refractivity contribution in [2.24, 2.45) is 0 Å². The van der Waals surface area contributed by atoms with E-state index in [4.69, 9.17) is 10.5 Å². The molecule has 6 heteroatoms. The van der Waals surface area contributed by atoms with E-state index in [2.05, 4.69) is 10.1 Å². The summed E-state index contributed by atoms with van der Waals surface area (Å²) in [4.78, 5) is 3.78. The van der Waals surface area contributed by atoms with Gasteiger partial charge < -0.3 is 15.6 Å². The van der Waals surface area contributed by atoms with Crippen molar-refractivity contribution in [1.29, 1.82) is 0 Å². The zero-order valence-electron chi connectivity index (χ0n) is 6.93. The molecule has 0 bridgehead atoms. The standard InChI is InChI=1S/C7H8N4O2/c1-13-4-2-5(12)11-6(4)7(8)9-3-10-11/h2-3,12H,1H3,(H2,8,9,10). The van der Waals surface area contributed by atoms with Crippen LogP contribution in [0.1, 0.15) is 0 Å². The minimum atomic E-state index is -0.0269. The van der Waals surface area contributed by atoms with Crippen LogP contribution in [0.25, 0.3) is 5.52 Å². The molecule has 0 aliphatic rings. The van der Waals surface area contributed by atoms with E-state index in [0.717, 1.165) is 0 Å². The molecule has 68 valence electrons. The van der Waals surface area contributed by atoms with Gasteiger partial charge in [-0.1, -0.05) is 0 Å². The smallest absolute Gasteiger partial charge is 0.216 e. The Bertz CT molecular complexity index is 451. The zero-order chi connectivity index (χ0) is 9.42. The van der Waals surface area contributed by atoms with Crippen molar-refractivity contribution in [1.82, 2.24) is 14.6 Å². The van der Waals surface area contributed by atoms with E-state index in [-0.39, 0.29) is 11.7 Å². The number of ether oxygens (including phenoxy) is 1. The van der Waals surface area contributed by atoms with Gasteiger partial charge in [0.25, 0.3) is 0 Å². The molecule has 0 atom stereocenters. The molecular formula is C7H8N4O2. The number of fused-ring (bicyclic) bond motifs is 1. The molecule has 2 aromatic heterocycles. The van der Waals surface area contributed by atoms with Crippen molar-refractivity contribution in [2.45, 2.75) is 0 Å². The Morgan fingerprint density at radius 2 is 2.38 bits per heavy atom. The highest BCUT2D eigenvalue weighted by molar-refractivity contribution is 5.75. The van der Waals surface area contributed by atoms with Crippen molar-refractivity contribution in [3.05, 3.63) is 12.4 Å². The van der Waals surface area contributed by atoms with Crippen molar-refractivity contribution in [2.75, 3.05) is 12.8 Å². The summed E-state index contributed by atoms with van der Waals surface area (Å²) in [6.07, 6.45) is 1.27. The largest absolute Gasteiger partial charge is 0.494 e. The summed E-state index contributed by atoms with van der Waals surface area (Å²) in [5.74, 6) is 0.698. The number of anilines is 1. The molecule has 2 aromatic rings. The highest BCUT2D eigenvalue weighted by Gasteiger charge is 2.12. The first-order valence-electron chi connectivity index (χ1n) is 3.59.